The first-order chi connectivity index (χ1) is 10.6. The summed E-state index contributed by atoms with van der Waals surface area (Å²) in [6.45, 7) is 1.42. The van der Waals surface area contributed by atoms with E-state index >= 15 is 0 Å². The van der Waals surface area contributed by atoms with E-state index in [9.17, 15) is 15.2 Å². The second-order valence-electron chi connectivity index (χ2n) is 5.51. The van der Waals surface area contributed by atoms with E-state index in [2.05, 4.69) is 12.1 Å². The number of nitrogens with zero attached hydrogens (tertiary/aromatic N) is 1. The van der Waals surface area contributed by atoms with Gasteiger partial charge in [-0.15, -0.1) is 0 Å². The van der Waals surface area contributed by atoms with Gasteiger partial charge in [-0.05, 0) is 11.1 Å². The Hall–Kier alpha value is -2.24. The highest BCUT2D eigenvalue weighted by Crippen LogP contribution is 2.18. The van der Waals surface area contributed by atoms with Gasteiger partial charge in [0.2, 0.25) is 0 Å². The fourth-order valence-corrected chi connectivity index (χ4v) is 2.40. The van der Waals surface area contributed by atoms with E-state index in [1.807, 2.05) is 25.2 Å². The molecule has 0 heterocycles. The lowest BCUT2D eigenvalue weighted by molar-refractivity contribution is -0.883. The molecule has 0 aliphatic heterocycles. The van der Waals surface area contributed by atoms with E-state index in [4.69, 9.17) is 0 Å². The fourth-order valence-electron chi connectivity index (χ4n) is 2.40. The molecular weight excluding hydrogens is 280 g/mol. The molecule has 2 atom stereocenters. The molecule has 22 heavy (non-hydrogen) atoms. The molecule has 0 saturated carbocycles. The maximum Gasteiger partial charge on any atom is 0.269 e. The second kappa shape index (κ2) is 7.68. The molecule has 0 radical (unpaired) electrons. The zero-order valence-corrected chi connectivity index (χ0v) is 12.6. The number of aliphatic hydroxyl groups is 1. The van der Waals surface area contributed by atoms with Gasteiger partial charge < -0.3 is 10.0 Å². The van der Waals surface area contributed by atoms with Crippen molar-refractivity contribution >= 4 is 5.69 Å². The van der Waals surface area contributed by atoms with Crippen molar-refractivity contribution in [2.75, 3.05) is 20.1 Å². The molecule has 5 heteroatoms. The summed E-state index contributed by atoms with van der Waals surface area (Å²) in [7, 11) is 2.02. The highest BCUT2D eigenvalue weighted by Gasteiger charge is 2.16. The lowest BCUT2D eigenvalue weighted by atomic mass is 10.1. The van der Waals surface area contributed by atoms with Crippen LogP contribution < -0.4 is 4.90 Å². The maximum atomic E-state index is 10.8. The van der Waals surface area contributed by atoms with Crippen LogP contribution in [0.25, 0.3) is 0 Å². The van der Waals surface area contributed by atoms with Crippen LogP contribution in [0.3, 0.4) is 0 Å². The molecule has 0 aliphatic carbocycles. The summed E-state index contributed by atoms with van der Waals surface area (Å²) in [5, 5.41) is 21.0. The summed E-state index contributed by atoms with van der Waals surface area (Å²) in [6, 6.07) is 16.4. The molecule has 1 unspecified atom stereocenters. The molecule has 2 aromatic carbocycles. The fraction of sp³-hybridized carbons (Fsp3) is 0.294. The van der Waals surface area contributed by atoms with Crippen molar-refractivity contribution in [3.8, 4) is 0 Å². The van der Waals surface area contributed by atoms with Crippen molar-refractivity contribution in [1.29, 1.82) is 0 Å². The number of nitro groups is 1. The first-order valence-electron chi connectivity index (χ1n) is 7.34. The average molecular weight is 301 g/mol. The van der Waals surface area contributed by atoms with Gasteiger partial charge in [0.1, 0.15) is 12.6 Å². The standard InChI is InChI=1S/C17H20N2O3/c1-18(11-10-14-6-3-2-4-7-14)13-17(20)15-8-5-9-16(12-15)19(21)22/h2-9,12,17,20H,10-11,13H2,1H3/p+1/t17-/m0/s1. The first-order valence-corrected chi connectivity index (χ1v) is 7.34. The van der Waals surface area contributed by atoms with Gasteiger partial charge in [0.15, 0.2) is 0 Å². The maximum absolute atomic E-state index is 10.8. The molecule has 0 aromatic heterocycles. The Bertz CT molecular complexity index is 616. The van der Waals surface area contributed by atoms with Gasteiger partial charge in [0.05, 0.1) is 18.5 Å². The first kappa shape index (κ1) is 16.1. The summed E-state index contributed by atoms with van der Waals surface area (Å²) < 4.78 is 0. The van der Waals surface area contributed by atoms with Crippen LogP contribution in [0.4, 0.5) is 5.69 Å². The van der Waals surface area contributed by atoms with Gasteiger partial charge in [-0.2, -0.15) is 0 Å². The van der Waals surface area contributed by atoms with Gasteiger partial charge in [0, 0.05) is 18.6 Å². The molecule has 0 fully saturated rings. The molecule has 2 N–H and O–H groups in total. The van der Waals surface area contributed by atoms with Crippen LogP contribution in [-0.4, -0.2) is 30.2 Å². The van der Waals surface area contributed by atoms with Crippen LogP contribution in [-0.2, 0) is 6.42 Å². The Kier molecular flexibility index (Phi) is 5.63. The lowest BCUT2D eigenvalue weighted by Crippen LogP contribution is -3.09. The average Bonchev–Trinajstić information content (AvgIpc) is 2.54. The Morgan fingerprint density at radius 2 is 1.91 bits per heavy atom. The minimum atomic E-state index is -0.698. The SMILES string of the molecule is C[NH+](CCc1ccccc1)C[C@H](O)c1cccc([N+](=O)[O-])c1. The van der Waals surface area contributed by atoms with Crippen LogP contribution in [0.1, 0.15) is 17.2 Å². The Balaban J connectivity index is 1.89. The molecule has 0 saturated heterocycles. The smallest absolute Gasteiger partial charge is 0.269 e. The van der Waals surface area contributed by atoms with Crippen LogP contribution in [0, 0.1) is 10.1 Å². The highest BCUT2D eigenvalue weighted by molar-refractivity contribution is 5.35. The summed E-state index contributed by atoms with van der Waals surface area (Å²) in [5.74, 6) is 0. The number of nitrogens with one attached hydrogen (secondary N) is 1. The molecule has 2 rings (SSSR count). The number of aliphatic hydroxyl groups excluding tert-OH is 1. The molecule has 0 aliphatic rings. The lowest BCUT2D eigenvalue weighted by Gasteiger charge is -2.18. The minimum Gasteiger partial charge on any atom is -0.382 e. The largest absolute Gasteiger partial charge is 0.382 e. The summed E-state index contributed by atoms with van der Waals surface area (Å²) in [5.41, 5.74) is 1.87. The normalized spacial score (nSPS) is 13.5. The second-order valence-corrected chi connectivity index (χ2v) is 5.51. The van der Waals surface area contributed by atoms with Crippen molar-refractivity contribution in [3.63, 3.8) is 0 Å². The molecular formula is C17H21N2O3+. The number of hydrogen-bond donors (Lipinski definition) is 2. The van der Waals surface area contributed by atoms with Crippen LogP contribution in [0.2, 0.25) is 0 Å². The van der Waals surface area contributed by atoms with Gasteiger partial charge in [-0.25, -0.2) is 0 Å². The predicted octanol–water partition coefficient (Wildman–Crippen LogP) is 1.39. The van der Waals surface area contributed by atoms with Crippen LogP contribution in [0.15, 0.2) is 54.6 Å². The number of likely N-dealkylation sites (N-methyl/N-ethyl adjacent to an activating group) is 1. The van der Waals surface area contributed by atoms with E-state index in [0.29, 0.717) is 12.1 Å². The van der Waals surface area contributed by atoms with E-state index < -0.39 is 11.0 Å². The Morgan fingerprint density at radius 3 is 2.59 bits per heavy atom. The van der Waals surface area contributed by atoms with Crippen LogP contribution in [0.5, 0.6) is 0 Å². The molecule has 5 nitrogen and oxygen atoms in total. The third kappa shape index (κ3) is 4.65. The van der Waals surface area contributed by atoms with Crippen molar-refractivity contribution in [3.05, 3.63) is 75.8 Å². The van der Waals surface area contributed by atoms with Crippen molar-refractivity contribution in [2.45, 2.75) is 12.5 Å². The summed E-state index contributed by atoms with van der Waals surface area (Å²) >= 11 is 0. The molecule has 0 bridgehead atoms. The highest BCUT2D eigenvalue weighted by atomic mass is 16.6. The molecule has 0 amide bonds. The number of nitro benzene ring substituents is 1. The monoisotopic (exact) mass is 301 g/mol. The van der Waals surface area contributed by atoms with Crippen LogP contribution >= 0.6 is 0 Å². The van der Waals surface area contributed by atoms with Crippen molar-refractivity contribution in [1.82, 2.24) is 0 Å². The predicted molar refractivity (Wildman–Crippen MR) is 84.8 cm³/mol. The summed E-state index contributed by atoms with van der Waals surface area (Å²) in [4.78, 5) is 11.5. The number of quaternary nitrogens is 1. The van der Waals surface area contributed by atoms with Gasteiger partial charge in [0.25, 0.3) is 5.69 Å². The molecule has 116 valence electrons. The zero-order valence-electron chi connectivity index (χ0n) is 12.6. The zero-order chi connectivity index (χ0) is 15.9. The summed E-state index contributed by atoms with van der Waals surface area (Å²) in [6.07, 6.45) is 0.240. The van der Waals surface area contributed by atoms with Gasteiger partial charge in [-0.1, -0.05) is 42.5 Å². The molecule has 2 aromatic rings. The Labute approximate surface area is 130 Å². The van der Waals surface area contributed by atoms with E-state index in [1.165, 1.54) is 22.6 Å². The number of non-ortho nitro benzene ring substituents is 1. The van der Waals surface area contributed by atoms with E-state index in [0.717, 1.165) is 13.0 Å². The topological polar surface area (TPSA) is 67.8 Å². The molecule has 0 spiro atoms. The van der Waals surface area contributed by atoms with Crippen molar-refractivity contribution in [2.24, 2.45) is 0 Å². The quantitative estimate of drug-likeness (QED) is 0.600. The third-order valence-electron chi connectivity index (χ3n) is 3.69. The van der Waals surface area contributed by atoms with Crippen molar-refractivity contribution < 1.29 is 14.9 Å². The Morgan fingerprint density at radius 1 is 1.18 bits per heavy atom. The number of benzene rings is 2. The number of hydrogen-bond acceptors (Lipinski definition) is 3. The van der Waals surface area contributed by atoms with E-state index in [1.54, 1.807) is 12.1 Å². The van der Waals surface area contributed by atoms with Gasteiger partial charge >= 0.3 is 0 Å². The number of rotatable bonds is 7. The third-order valence-corrected chi connectivity index (χ3v) is 3.69. The minimum absolute atomic E-state index is 0.0125. The van der Waals surface area contributed by atoms with E-state index in [-0.39, 0.29) is 5.69 Å². The van der Waals surface area contributed by atoms with Gasteiger partial charge in [-0.3, -0.25) is 10.1 Å².